The van der Waals surface area contributed by atoms with E-state index in [0.29, 0.717) is 11.8 Å². The van der Waals surface area contributed by atoms with Crippen LogP contribution in [0.4, 0.5) is 0 Å². The highest BCUT2D eigenvalue weighted by Gasteiger charge is 2.28. The van der Waals surface area contributed by atoms with Crippen LogP contribution in [0.1, 0.15) is 48.8 Å². The van der Waals surface area contributed by atoms with Gasteiger partial charge in [-0.05, 0) is 56.6 Å². The Kier molecular flexibility index (Phi) is 3.88. The molecule has 3 unspecified atom stereocenters. The fourth-order valence-corrected chi connectivity index (χ4v) is 3.36. The Morgan fingerprint density at radius 3 is 2.35 bits per heavy atom. The van der Waals surface area contributed by atoms with Crippen LogP contribution in [-0.2, 0) is 0 Å². The Morgan fingerprint density at radius 1 is 1.12 bits per heavy atom. The lowest BCUT2D eigenvalue weighted by atomic mass is 9.71. The van der Waals surface area contributed by atoms with Crippen molar-refractivity contribution in [2.45, 2.75) is 46.0 Å². The molecule has 1 aliphatic rings. The highest BCUT2D eigenvalue weighted by molar-refractivity contribution is 5.31. The molecule has 1 aromatic rings. The molecular weight excluding hydrogens is 206 g/mol. The first-order valence-corrected chi connectivity index (χ1v) is 6.88. The van der Waals surface area contributed by atoms with Crippen molar-refractivity contribution in [3.63, 3.8) is 0 Å². The quantitative estimate of drug-likeness (QED) is 0.823. The molecule has 1 nitrogen and oxygen atoms in total. The molecule has 1 aliphatic carbocycles. The van der Waals surface area contributed by atoms with E-state index in [4.69, 9.17) is 5.73 Å². The molecule has 3 atom stereocenters. The smallest absolute Gasteiger partial charge is 0.00430 e. The maximum absolute atomic E-state index is 5.95. The predicted molar refractivity (Wildman–Crippen MR) is 74.2 cm³/mol. The molecule has 1 saturated carbocycles. The molecule has 2 N–H and O–H groups in total. The average molecular weight is 231 g/mol. The summed E-state index contributed by atoms with van der Waals surface area (Å²) in [6.45, 7) is 7.60. The third-order valence-electron chi connectivity index (χ3n) is 4.23. The molecule has 1 aromatic carbocycles. The van der Waals surface area contributed by atoms with Crippen LogP contribution in [0, 0.1) is 25.7 Å². The Bertz CT molecular complexity index is 363. The van der Waals surface area contributed by atoms with Gasteiger partial charge in [-0.25, -0.2) is 0 Å². The SMILES string of the molecule is Cc1cc(C)cc(C2CC(C)CCC2CN)c1. The molecule has 94 valence electrons. The van der Waals surface area contributed by atoms with Gasteiger partial charge in [0.2, 0.25) is 0 Å². The van der Waals surface area contributed by atoms with Crippen LogP contribution < -0.4 is 5.73 Å². The summed E-state index contributed by atoms with van der Waals surface area (Å²) in [7, 11) is 0. The molecule has 0 radical (unpaired) electrons. The zero-order valence-corrected chi connectivity index (χ0v) is 11.4. The Morgan fingerprint density at radius 2 is 1.76 bits per heavy atom. The summed E-state index contributed by atoms with van der Waals surface area (Å²) in [5.41, 5.74) is 10.2. The molecule has 0 aromatic heterocycles. The molecule has 0 aliphatic heterocycles. The Labute approximate surface area is 105 Å². The van der Waals surface area contributed by atoms with E-state index in [1.807, 2.05) is 0 Å². The number of aryl methyl sites for hydroxylation is 2. The number of hydrogen-bond acceptors (Lipinski definition) is 1. The van der Waals surface area contributed by atoms with E-state index in [-0.39, 0.29) is 0 Å². The molecule has 0 saturated heterocycles. The normalized spacial score (nSPS) is 29.3. The molecular formula is C16H25N. The van der Waals surface area contributed by atoms with Gasteiger partial charge in [0.1, 0.15) is 0 Å². The summed E-state index contributed by atoms with van der Waals surface area (Å²) in [4.78, 5) is 0. The van der Waals surface area contributed by atoms with Crippen LogP contribution in [0.3, 0.4) is 0 Å². The van der Waals surface area contributed by atoms with Crippen LogP contribution in [0.15, 0.2) is 18.2 Å². The molecule has 1 heteroatoms. The fraction of sp³-hybridized carbons (Fsp3) is 0.625. The maximum Gasteiger partial charge on any atom is -0.00430 e. The van der Waals surface area contributed by atoms with Crippen molar-refractivity contribution in [3.8, 4) is 0 Å². The molecule has 1 fully saturated rings. The topological polar surface area (TPSA) is 26.0 Å². The van der Waals surface area contributed by atoms with Crippen LogP contribution in [0.2, 0.25) is 0 Å². The summed E-state index contributed by atoms with van der Waals surface area (Å²) >= 11 is 0. The van der Waals surface area contributed by atoms with E-state index in [0.717, 1.165) is 12.5 Å². The maximum atomic E-state index is 5.95. The molecule has 2 rings (SSSR count). The number of nitrogens with two attached hydrogens (primary N) is 1. The van der Waals surface area contributed by atoms with Crippen molar-refractivity contribution in [3.05, 3.63) is 34.9 Å². The second kappa shape index (κ2) is 5.22. The predicted octanol–water partition coefficient (Wildman–Crippen LogP) is 3.78. The van der Waals surface area contributed by atoms with Crippen LogP contribution in [0.25, 0.3) is 0 Å². The van der Waals surface area contributed by atoms with Gasteiger partial charge in [-0.3, -0.25) is 0 Å². The van der Waals surface area contributed by atoms with Crippen LogP contribution in [-0.4, -0.2) is 6.54 Å². The van der Waals surface area contributed by atoms with Gasteiger partial charge >= 0.3 is 0 Å². The van der Waals surface area contributed by atoms with E-state index in [9.17, 15) is 0 Å². The molecule has 0 amide bonds. The third kappa shape index (κ3) is 2.90. The first-order chi connectivity index (χ1) is 8.10. The lowest BCUT2D eigenvalue weighted by molar-refractivity contribution is 0.253. The van der Waals surface area contributed by atoms with Gasteiger partial charge in [-0.15, -0.1) is 0 Å². The zero-order valence-electron chi connectivity index (χ0n) is 11.4. The average Bonchev–Trinajstić information content (AvgIpc) is 2.27. The van der Waals surface area contributed by atoms with Crippen LogP contribution >= 0.6 is 0 Å². The monoisotopic (exact) mass is 231 g/mol. The second-order valence-corrected chi connectivity index (χ2v) is 5.94. The molecule has 0 spiro atoms. The van der Waals surface area contributed by atoms with Crippen molar-refractivity contribution < 1.29 is 0 Å². The van der Waals surface area contributed by atoms with E-state index < -0.39 is 0 Å². The van der Waals surface area contributed by atoms with Gasteiger partial charge in [-0.2, -0.15) is 0 Å². The molecule has 0 heterocycles. The van der Waals surface area contributed by atoms with Crippen molar-refractivity contribution in [2.24, 2.45) is 17.6 Å². The molecule has 0 bridgehead atoms. The summed E-state index contributed by atoms with van der Waals surface area (Å²) in [6, 6.07) is 6.98. The van der Waals surface area contributed by atoms with E-state index >= 15 is 0 Å². The lowest BCUT2D eigenvalue weighted by Crippen LogP contribution is -2.28. The largest absolute Gasteiger partial charge is 0.330 e. The third-order valence-corrected chi connectivity index (χ3v) is 4.23. The van der Waals surface area contributed by atoms with E-state index in [2.05, 4.69) is 39.0 Å². The minimum Gasteiger partial charge on any atom is -0.330 e. The van der Waals surface area contributed by atoms with Gasteiger partial charge in [0.25, 0.3) is 0 Å². The fourth-order valence-electron chi connectivity index (χ4n) is 3.36. The highest BCUT2D eigenvalue weighted by atomic mass is 14.6. The summed E-state index contributed by atoms with van der Waals surface area (Å²) in [5, 5.41) is 0. The number of rotatable bonds is 2. The van der Waals surface area contributed by atoms with Gasteiger partial charge in [0.05, 0.1) is 0 Å². The van der Waals surface area contributed by atoms with Crippen LogP contribution in [0.5, 0.6) is 0 Å². The van der Waals surface area contributed by atoms with Crippen molar-refractivity contribution in [1.82, 2.24) is 0 Å². The number of hydrogen-bond donors (Lipinski definition) is 1. The standard InChI is InChI=1S/C16H25N/c1-11-4-5-14(10-17)16(9-11)15-7-12(2)6-13(3)8-15/h6-8,11,14,16H,4-5,9-10,17H2,1-3H3. The van der Waals surface area contributed by atoms with Crippen molar-refractivity contribution in [1.29, 1.82) is 0 Å². The Balaban J connectivity index is 2.28. The molecule has 17 heavy (non-hydrogen) atoms. The summed E-state index contributed by atoms with van der Waals surface area (Å²) < 4.78 is 0. The first kappa shape index (κ1) is 12.6. The van der Waals surface area contributed by atoms with Gasteiger partial charge in [0.15, 0.2) is 0 Å². The minimum atomic E-state index is 0.683. The minimum absolute atomic E-state index is 0.683. The first-order valence-electron chi connectivity index (χ1n) is 6.88. The number of benzene rings is 1. The van der Waals surface area contributed by atoms with E-state index in [1.54, 1.807) is 0 Å². The summed E-state index contributed by atoms with van der Waals surface area (Å²) in [6.07, 6.45) is 3.96. The van der Waals surface area contributed by atoms with E-state index in [1.165, 1.54) is 36.0 Å². The lowest BCUT2D eigenvalue weighted by Gasteiger charge is -2.35. The second-order valence-electron chi connectivity index (χ2n) is 5.94. The Hall–Kier alpha value is -0.820. The van der Waals surface area contributed by atoms with Gasteiger partial charge < -0.3 is 5.73 Å². The summed E-state index contributed by atoms with van der Waals surface area (Å²) in [5.74, 6) is 2.22. The van der Waals surface area contributed by atoms with Gasteiger partial charge in [0, 0.05) is 0 Å². The van der Waals surface area contributed by atoms with Gasteiger partial charge in [-0.1, -0.05) is 42.7 Å². The van der Waals surface area contributed by atoms with Crippen molar-refractivity contribution >= 4 is 0 Å². The van der Waals surface area contributed by atoms with Crippen molar-refractivity contribution in [2.75, 3.05) is 6.54 Å². The zero-order chi connectivity index (χ0) is 12.4. The highest BCUT2D eigenvalue weighted by Crippen LogP contribution is 2.40.